The van der Waals surface area contributed by atoms with Gasteiger partial charge in [0.25, 0.3) is 0 Å². The van der Waals surface area contributed by atoms with Gasteiger partial charge in [-0.1, -0.05) is 12.1 Å². The summed E-state index contributed by atoms with van der Waals surface area (Å²) in [6.45, 7) is 9.25. The average molecular weight is 321 g/mol. The first-order chi connectivity index (χ1) is 10.6. The number of carbonyl (C=O) groups excluding carboxylic acids is 2. The van der Waals surface area contributed by atoms with Crippen LogP contribution in [0.3, 0.4) is 0 Å². The molecule has 0 bridgehead atoms. The molecule has 0 saturated heterocycles. The molecule has 23 heavy (non-hydrogen) atoms. The lowest BCUT2D eigenvalue weighted by Gasteiger charge is -2.32. The largest absolute Gasteiger partial charge is 0.497 e. The first kappa shape index (κ1) is 19.0. The SMILES string of the molecule is COc1ccc(C(C)N(CCC(C)=O)C(=O)OC(C)(C)C)cc1. The summed E-state index contributed by atoms with van der Waals surface area (Å²) in [7, 11) is 1.61. The number of methoxy groups -OCH3 is 1. The van der Waals surface area contributed by atoms with Crippen molar-refractivity contribution in [3.8, 4) is 5.75 Å². The van der Waals surface area contributed by atoms with E-state index < -0.39 is 11.7 Å². The lowest BCUT2D eigenvalue weighted by Crippen LogP contribution is -2.39. The Morgan fingerprint density at radius 2 is 1.74 bits per heavy atom. The highest BCUT2D eigenvalue weighted by Gasteiger charge is 2.27. The van der Waals surface area contributed by atoms with Gasteiger partial charge in [-0.05, 0) is 52.3 Å². The molecule has 0 aromatic heterocycles. The molecule has 1 aromatic carbocycles. The van der Waals surface area contributed by atoms with Crippen molar-refractivity contribution < 1.29 is 19.1 Å². The van der Waals surface area contributed by atoms with Crippen molar-refractivity contribution in [1.82, 2.24) is 4.90 Å². The van der Waals surface area contributed by atoms with E-state index in [2.05, 4.69) is 0 Å². The molecular weight excluding hydrogens is 294 g/mol. The van der Waals surface area contributed by atoms with Gasteiger partial charge in [0.05, 0.1) is 13.2 Å². The predicted molar refractivity (Wildman–Crippen MR) is 89.6 cm³/mol. The van der Waals surface area contributed by atoms with Crippen LogP contribution in [-0.4, -0.2) is 36.0 Å². The molecule has 0 radical (unpaired) electrons. The third-order valence-corrected chi connectivity index (χ3v) is 3.40. The van der Waals surface area contributed by atoms with Gasteiger partial charge in [0.15, 0.2) is 0 Å². The fourth-order valence-corrected chi connectivity index (χ4v) is 2.10. The number of ketones is 1. The number of amides is 1. The molecule has 5 heteroatoms. The van der Waals surface area contributed by atoms with Crippen molar-refractivity contribution in [3.05, 3.63) is 29.8 Å². The Morgan fingerprint density at radius 3 is 2.17 bits per heavy atom. The Morgan fingerprint density at radius 1 is 1.17 bits per heavy atom. The van der Waals surface area contributed by atoms with Gasteiger partial charge < -0.3 is 14.4 Å². The van der Waals surface area contributed by atoms with Crippen LogP contribution in [0.2, 0.25) is 0 Å². The molecule has 5 nitrogen and oxygen atoms in total. The van der Waals surface area contributed by atoms with Crippen LogP contribution in [-0.2, 0) is 9.53 Å². The highest BCUT2D eigenvalue weighted by atomic mass is 16.6. The predicted octanol–water partition coefficient (Wildman–Crippen LogP) is 3.97. The molecule has 1 aromatic rings. The zero-order valence-electron chi connectivity index (χ0n) is 14.9. The van der Waals surface area contributed by atoms with Crippen molar-refractivity contribution in [2.45, 2.75) is 52.7 Å². The Labute approximate surface area is 138 Å². The smallest absolute Gasteiger partial charge is 0.410 e. The van der Waals surface area contributed by atoms with Gasteiger partial charge in [0, 0.05) is 13.0 Å². The van der Waals surface area contributed by atoms with E-state index in [4.69, 9.17) is 9.47 Å². The molecule has 1 atom stereocenters. The lowest BCUT2D eigenvalue weighted by atomic mass is 10.1. The maximum absolute atomic E-state index is 12.5. The first-order valence-corrected chi connectivity index (χ1v) is 7.77. The monoisotopic (exact) mass is 321 g/mol. The fourth-order valence-electron chi connectivity index (χ4n) is 2.10. The summed E-state index contributed by atoms with van der Waals surface area (Å²) < 4.78 is 10.6. The number of hydrogen-bond donors (Lipinski definition) is 0. The second-order valence-corrected chi connectivity index (χ2v) is 6.57. The summed E-state index contributed by atoms with van der Waals surface area (Å²) in [5.74, 6) is 0.800. The number of ether oxygens (including phenoxy) is 2. The van der Waals surface area contributed by atoms with Crippen LogP contribution in [0, 0.1) is 0 Å². The minimum atomic E-state index is -0.578. The number of Topliss-reactive ketones (excluding diaryl/α,β-unsaturated/α-hetero) is 1. The van der Waals surface area contributed by atoms with Crippen molar-refractivity contribution in [3.63, 3.8) is 0 Å². The summed E-state index contributed by atoms with van der Waals surface area (Å²) >= 11 is 0. The summed E-state index contributed by atoms with van der Waals surface area (Å²) in [4.78, 5) is 25.4. The number of nitrogens with zero attached hydrogens (tertiary/aromatic N) is 1. The normalized spacial score (nSPS) is 12.4. The van der Waals surface area contributed by atoms with E-state index in [0.717, 1.165) is 11.3 Å². The van der Waals surface area contributed by atoms with Crippen molar-refractivity contribution >= 4 is 11.9 Å². The molecule has 0 saturated carbocycles. The van der Waals surface area contributed by atoms with Gasteiger partial charge in [0.2, 0.25) is 0 Å². The van der Waals surface area contributed by atoms with Crippen molar-refractivity contribution in [1.29, 1.82) is 0 Å². The molecule has 0 aliphatic rings. The van der Waals surface area contributed by atoms with Crippen LogP contribution in [0.4, 0.5) is 4.79 Å². The number of hydrogen-bond acceptors (Lipinski definition) is 4. The van der Waals surface area contributed by atoms with Gasteiger partial charge in [0.1, 0.15) is 17.1 Å². The van der Waals surface area contributed by atoms with E-state index in [1.165, 1.54) is 6.92 Å². The lowest BCUT2D eigenvalue weighted by molar-refractivity contribution is -0.117. The number of benzene rings is 1. The van der Waals surface area contributed by atoms with Gasteiger partial charge in [-0.15, -0.1) is 0 Å². The van der Waals surface area contributed by atoms with Crippen LogP contribution in [0.25, 0.3) is 0 Å². The molecule has 0 heterocycles. The fraction of sp³-hybridized carbons (Fsp3) is 0.556. The third kappa shape index (κ3) is 6.30. The van der Waals surface area contributed by atoms with Gasteiger partial charge in [-0.25, -0.2) is 4.79 Å². The zero-order valence-corrected chi connectivity index (χ0v) is 14.9. The third-order valence-electron chi connectivity index (χ3n) is 3.40. The highest BCUT2D eigenvalue weighted by Crippen LogP contribution is 2.25. The molecule has 128 valence electrons. The standard InChI is InChI=1S/C18H27NO4/c1-13(20)11-12-19(17(21)23-18(3,4)5)14(2)15-7-9-16(22-6)10-8-15/h7-10,14H,11-12H2,1-6H3. The first-order valence-electron chi connectivity index (χ1n) is 7.77. The minimum Gasteiger partial charge on any atom is -0.497 e. The minimum absolute atomic E-state index is 0.0421. The summed E-state index contributed by atoms with van der Waals surface area (Å²) in [6.07, 6.45) is -0.109. The number of rotatable bonds is 6. The molecule has 1 amide bonds. The van der Waals surface area contributed by atoms with Crippen LogP contribution in [0.15, 0.2) is 24.3 Å². The van der Waals surface area contributed by atoms with E-state index in [0.29, 0.717) is 13.0 Å². The molecule has 0 fully saturated rings. The van der Waals surface area contributed by atoms with Gasteiger partial charge >= 0.3 is 6.09 Å². The molecule has 0 aliphatic heterocycles. The molecule has 1 rings (SSSR count). The zero-order chi connectivity index (χ0) is 17.6. The Hall–Kier alpha value is -2.04. The average Bonchev–Trinajstić information content (AvgIpc) is 2.45. The second kappa shape index (κ2) is 7.99. The molecule has 1 unspecified atom stereocenters. The Kier molecular flexibility index (Phi) is 6.61. The van der Waals surface area contributed by atoms with Crippen molar-refractivity contribution in [2.24, 2.45) is 0 Å². The summed E-state index contributed by atoms with van der Waals surface area (Å²) in [6, 6.07) is 7.33. The molecular formula is C18H27NO4. The maximum atomic E-state index is 12.5. The van der Waals surface area contributed by atoms with Crippen molar-refractivity contribution in [2.75, 3.05) is 13.7 Å². The van der Waals surface area contributed by atoms with Gasteiger partial charge in [-0.2, -0.15) is 0 Å². The highest BCUT2D eigenvalue weighted by molar-refractivity contribution is 5.76. The van der Waals surface area contributed by atoms with Crippen LogP contribution >= 0.6 is 0 Å². The van der Waals surface area contributed by atoms with Crippen LogP contribution in [0.1, 0.15) is 52.6 Å². The maximum Gasteiger partial charge on any atom is 0.410 e. The summed E-state index contributed by atoms with van der Waals surface area (Å²) in [5, 5.41) is 0. The van der Waals surface area contributed by atoms with E-state index in [1.807, 2.05) is 52.0 Å². The Bertz CT molecular complexity index is 531. The Balaban J connectivity index is 2.96. The van der Waals surface area contributed by atoms with E-state index in [-0.39, 0.29) is 11.8 Å². The molecule has 0 aliphatic carbocycles. The van der Waals surface area contributed by atoms with Crippen LogP contribution in [0.5, 0.6) is 5.75 Å². The van der Waals surface area contributed by atoms with E-state index in [1.54, 1.807) is 12.0 Å². The van der Waals surface area contributed by atoms with Gasteiger partial charge in [-0.3, -0.25) is 4.79 Å². The molecule has 0 N–H and O–H groups in total. The molecule has 0 spiro atoms. The summed E-state index contributed by atoms with van der Waals surface area (Å²) in [5.41, 5.74) is 0.380. The van der Waals surface area contributed by atoms with E-state index >= 15 is 0 Å². The number of carbonyl (C=O) groups is 2. The van der Waals surface area contributed by atoms with E-state index in [9.17, 15) is 9.59 Å². The van der Waals surface area contributed by atoms with Crippen LogP contribution < -0.4 is 4.74 Å². The quantitative estimate of drug-likeness (QED) is 0.795. The topological polar surface area (TPSA) is 55.8 Å². The second-order valence-electron chi connectivity index (χ2n) is 6.57.